The zero-order chi connectivity index (χ0) is 27.0. The van der Waals surface area contributed by atoms with E-state index in [1.54, 1.807) is 0 Å². The fourth-order valence-electron chi connectivity index (χ4n) is 4.74. The molecule has 2 aromatic carbocycles. The van der Waals surface area contributed by atoms with Gasteiger partial charge in [0.25, 0.3) is 5.91 Å². The molecule has 0 N–H and O–H groups in total. The molecule has 0 spiro atoms. The zero-order valence-corrected chi connectivity index (χ0v) is 23.1. The second kappa shape index (κ2) is 10.6. The SMILES string of the molecule is CCCCCOc1ccc(C2c3c(oc4cc(C)c(C)cc4c3=O)C(=O)N2c2nnc(C)s2)cc1OCC. The lowest BCUT2D eigenvalue weighted by Gasteiger charge is -2.23. The van der Waals surface area contributed by atoms with E-state index < -0.39 is 11.9 Å². The van der Waals surface area contributed by atoms with Crippen LogP contribution in [0.5, 0.6) is 11.5 Å². The Balaban J connectivity index is 1.68. The third-order valence-electron chi connectivity index (χ3n) is 6.80. The highest BCUT2D eigenvalue weighted by Crippen LogP contribution is 2.44. The Morgan fingerprint density at radius 1 is 0.974 bits per heavy atom. The summed E-state index contributed by atoms with van der Waals surface area (Å²) in [7, 11) is 0. The van der Waals surface area contributed by atoms with Gasteiger partial charge in [0.2, 0.25) is 10.9 Å². The van der Waals surface area contributed by atoms with Crippen LogP contribution in [0, 0.1) is 20.8 Å². The van der Waals surface area contributed by atoms with Crippen LogP contribution < -0.4 is 19.8 Å². The van der Waals surface area contributed by atoms with Crippen molar-refractivity contribution in [3.05, 3.63) is 73.6 Å². The van der Waals surface area contributed by atoms with E-state index in [1.165, 1.54) is 16.2 Å². The van der Waals surface area contributed by atoms with E-state index in [-0.39, 0.29) is 16.8 Å². The first kappa shape index (κ1) is 25.9. The van der Waals surface area contributed by atoms with Gasteiger partial charge < -0.3 is 13.9 Å². The van der Waals surface area contributed by atoms with Crippen LogP contribution in [0.15, 0.2) is 39.5 Å². The molecule has 3 heterocycles. The average molecular weight is 534 g/mol. The number of amides is 1. The topological polar surface area (TPSA) is 94.8 Å². The number of hydrogen-bond donors (Lipinski definition) is 0. The number of hydrogen-bond acceptors (Lipinski definition) is 8. The Hall–Kier alpha value is -3.72. The van der Waals surface area contributed by atoms with Gasteiger partial charge in [-0.15, -0.1) is 10.2 Å². The van der Waals surface area contributed by atoms with Crippen molar-refractivity contribution in [2.24, 2.45) is 0 Å². The number of nitrogens with zero attached hydrogens (tertiary/aromatic N) is 3. The Kier molecular flexibility index (Phi) is 7.21. The fourth-order valence-corrected chi connectivity index (χ4v) is 5.45. The Bertz CT molecular complexity index is 1570. The van der Waals surface area contributed by atoms with Gasteiger partial charge in [-0.25, -0.2) is 0 Å². The van der Waals surface area contributed by atoms with E-state index in [9.17, 15) is 9.59 Å². The third-order valence-corrected chi connectivity index (χ3v) is 7.63. The summed E-state index contributed by atoms with van der Waals surface area (Å²) in [5.41, 5.74) is 3.11. The maximum Gasteiger partial charge on any atom is 0.297 e. The molecule has 38 heavy (non-hydrogen) atoms. The molecule has 0 saturated carbocycles. The van der Waals surface area contributed by atoms with E-state index in [0.29, 0.717) is 51.4 Å². The molecule has 0 bridgehead atoms. The average Bonchev–Trinajstić information content (AvgIpc) is 3.44. The first-order chi connectivity index (χ1) is 18.3. The molecule has 1 atom stereocenters. The minimum Gasteiger partial charge on any atom is -0.490 e. The molecule has 198 valence electrons. The number of anilines is 1. The maximum absolute atomic E-state index is 13.9. The van der Waals surface area contributed by atoms with Crippen molar-refractivity contribution in [2.75, 3.05) is 18.1 Å². The lowest BCUT2D eigenvalue weighted by Crippen LogP contribution is -2.29. The Morgan fingerprint density at radius 2 is 1.76 bits per heavy atom. The number of carbonyl (C=O) groups excluding carboxylic acids is 1. The van der Waals surface area contributed by atoms with Gasteiger partial charge in [-0.3, -0.25) is 14.5 Å². The molecule has 5 rings (SSSR count). The number of fused-ring (bicyclic) bond motifs is 2. The van der Waals surface area contributed by atoms with Crippen LogP contribution in [-0.4, -0.2) is 29.3 Å². The summed E-state index contributed by atoms with van der Waals surface area (Å²) in [5.74, 6) is 0.802. The summed E-state index contributed by atoms with van der Waals surface area (Å²) >= 11 is 1.29. The number of aromatic nitrogens is 2. The summed E-state index contributed by atoms with van der Waals surface area (Å²) in [6.45, 7) is 10.8. The lowest BCUT2D eigenvalue weighted by molar-refractivity contribution is 0.0970. The molecule has 1 unspecified atom stereocenters. The second-order valence-corrected chi connectivity index (χ2v) is 10.6. The summed E-state index contributed by atoms with van der Waals surface area (Å²) in [6, 6.07) is 8.44. The summed E-state index contributed by atoms with van der Waals surface area (Å²) in [6.07, 6.45) is 3.14. The highest BCUT2D eigenvalue weighted by atomic mass is 32.1. The first-order valence-electron chi connectivity index (χ1n) is 12.9. The zero-order valence-electron chi connectivity index (χ0n) is 22.3. The van der Waals surface area contributed by atoms with Gasteiger partial charge >= 0.3 is 0 Å². The molecule has 1 aliphatic rings. The van der Waals surface area contributed by atoms with Gasteiger partial charge in [-0.05, 0) is 75.1 Å². The van der Waals surface area contributed by atoms with E-state index in [1.807, 2.05) is 58.0 Å². The molecular formula is C29H31N3O5S. The van der Waals surface area contributed by atoms with Crippen molar-refractivity contribution in [3.63, 3.8) is 0 Å². The second-order valence-electron chi connectivity index (χ2n) is 9.48. The minimum atomic E-state index is -0.750. The molecule has 0 radical (unpaired) electrons. The van der Waals surface area contributed by atoms with E-state index in [2.05, 4.69) is 17.1 Å². The predicted octanol–water partition coefficient (Wildman–Crippen LogP) is 6.29. The highest BCUT2D eigenvalue weighted by Gasteiger charge is 2.45. The van der Waals surface area contributed by atoms with Gasteiger partial charge in [0.1, 0.15) is 10.6 Å². The minimum absolute atomic E-state index is 0.0291. The molecule has 4 aromatic rings. The van der Waals surface area contributed by atoms with Crippen LogP contribution in [-0.2, 0) is 0 Å². The van der Waals surface area contributed by atoms with Crippen LogP contribution in [0.2, 0.25) is 0 Å². The van der Waals surface area contributed by atoms with Crippen molar-refractivity contribution in [1.82, 2.24) is 10.2 Å². The largest absolute Gasteiger partial charge is 0.490 e. The molecule has 1 amide bonds. The fraction of sp³-hybridized carbons (Fsp3) is 0.379. The molecule has 0 aliphatic carbocycles. The quantitative estimate of drug-likeness (QED) is 0.233. The van der Waals surface area contributed by atoms with E-state index in [0.717, 1.165) is 30.4 Å². The summed E-state index contributed by atoms with van der Waals surface area (Å²) in [5, 5.41) is 9.92. The van der Waals surface area contributed by atoms with Crippen molar-refractivity contribution in [2.45, 2.75) is 59.9 Å². The molecule has 2 aromatic heterocycles. The van der Waals surface area contributed by atoms with E-state index >= 15 is 0 Å². The monoisotopic (exact) mass is 533 g/mol. The van der Waals surface area contributed by atoms with Crippen LogP contribution in [0.1, 0.15) is 77.0 Å². The van der Waals surface area contributed by atoms with Crippen molar-refractivity contribution >= 4 is 33.3 Å². The number of carbonyl (C=O) groups is 1. The van der Waals surface area contributed by atoms with Gasteiger partial charge in [0, 0.05) is 0 Å². The standard InChI is InChI=1S/C29H31N3O5S/c1-6-8-9-12-36-21-11-10-19(15-23(21)35-7-2)25-24-26(33)20-13-16(3)17(4)14-22(20)37-27(24)28(34)32(25)29-31-30-18(5)38-29/h10-11,13-15,25H,6-9,12H2,1-5H3. The summed E-state index contributed by atoms with van der Waals surface area (Å²) in [4.78, 5) is 29.2. The smallest absolute Gasteiger partial charge is 0.297 e. The molecule has 0 saturated heterocycles. The number of unbranched alkanes of at least 4 members (excludes halogenated alkanes) is 2. The molecule has 0 fully saturated rings. The highest BCUT2D eigenvalue weighted by molar-refractivity contribution is 7.15. The molecule has 9 heteroatoms. The van der Waals surface area contributed by atoms with Gasteiger partial charge in [-0.2, -0.15) is 0 Å². The Morgan fingerprint density at radius 3 is 2.47 bits per heavy atom. The predicted molar refractivity (Wildman–Crippen MR) is 148 cm³/mol. The number of benzene rings is 2. The summed E-state index contributed by atoms with van der Waals surface area (Å²) < 4.78 is 18.1. The van der Waals surface area contributed by atoms with Gasteiger partial charge in [0.05, 0.1) is 30.2 Å². The number of aryl methyl sites for hydroxylation is 3. The molecule has 1 aliphatic heterocycles. The number of rotatable bonds is 9. The number of ether oxygens (including phenoxy) is 2. The van der Waals surface area contributed by atoms with Crippen molar-refractivity contribution in [1.29, 1.82) is 0 Å². The molecular weight excluding hydrogens is 502 g/mol. The van der Waals surface area contributed by atoms with Crippen molar-refractivity contribution < 1.29 is 18.7 Å². The van der Waals surface area contributed by atoms with Crippen LogP contribution in [0.4, 0.5) is 5.13 Å². The normalized spacial score (nSPS) is 14.8. The van der Waals surface area contributed by atoms with Crippen LogP contribution in [0.3, 0.4) is 0 Å². The first-order valence-corrected chi connectivity index (χ1v) is 13.8. The van der Waals surface area contributed by atoms with Gasteiger partial charge in [0.15, 0.2) is 16.9 Å². The van der Waals surface area contributed by atoms with Crippen molar-refractivity contribution in [3.8, 4) is 11.5 Å². The van der Waals surface area contributed by atoms with Crippen LogP contribution >= 0.6 is 11.3 Å². The lowest BCUT2D eigenvalue weighted by atomic mass is 9.97. The van der Waals surface area contributed by atoms with Crippen LogP contribution in [0.25, 0.3) is 11.0 Å². The maximum atomic E-state index is 13.9. The van der Waals surface area contributed by atoms with Gasteiger partial charge in [-0.1, -0.05) is 37.2 Å². The molecule has 8 nitrogen and oxygen atoms in total. The Labute approximate surface area is 225 Å². The van der Waals surface area contributed by atoms with E-state index in [4.69, 9.17) is 13.9 Å². The third kappa shape index (κ3) is 4.55.